The summed E-state index contributed by atoms with van der Waals surface area (Å²) in [4.78, 5) is 41.6. The molecule has 0 aromatic heterocycles. The van der Waals surface area contributed by atoms with Crippen molar-refractivity contribution in [3.63, 3.8) is 0 Å². The van der Waals surface area contributed by atoms with Crippen molar-refractivity contribution in [2.24, 2.45) is 4.99 Å². The highest BCUT2D eigenvalue weighted by Crippen LogP contribution is 2.42. The van der Waals surface area contributed by atoms with E-state index in [1.165, 1.54) is 23.6 Å². The van der Waals surface area contributed by atoms with Crippen LogP contribution < -0.4 is 0 Å². The van der Waals surface area contributed by atoms with Gasteiger partial charge in [0.1, 0.15) is 23.4 Å². The number of aromatic hydroxyl groups is 1. The van der Waals surface area contributed by atoms with Crippen molar-refractivity contribution in [1.29, 1.82) is 0 Å². The van der Waals surface area contributed by atoms with Crippen LogP contribution in [-0.2, 0) is 30.0 Å². The van der Waals surface area contributed by atoms with E-state index in [-0.39, 0.29) is 28.9 Å². The number of carbonyl (C=O) groups is 3. The number of carboxylic acid groups (broad SMARTS) is 1. The molecule has 1 saturated heterocycles. The molecule has 34 heavy (non-hydrogen) atoms. The molecule has 2 N–H and O–H groups in total. The van der Waals surface area contributed by atoms with E-state index in [1.54, 1.807) is 6.21 Å². The van der Waals surface area contributed by atoms with Crippen LogP contribution >= 0.6 is 11.8 Å². The Morgan fingerprint density at radius 2 is 1.74 bits per heavy atom. The molecule has 1 amide bonds. The third kappa shape index (κ3) is 4.99. The number of amides is 1. The third-order valence-corrected chi connectivity index (χ3v) is 7.13. The lowest BCUT2D eigenvalue weighted by molar-refractivity contribution is -0.148. The number of carboxylic acids is 1. The molecule has 2 atom stereocenters. The van der Waals surface area contributed by atoms with Crippen molar-refractivity contribution >= 4 is 35.8 Å². The molecule has 0 aliphatic carbocycles. The fourth-order valence-electron chi connectivity index (χ4n) is 4.01. The Labute approximate surface area is 204 Å². The Morgan fingerprint density at radius 3 is 2.21 bits per heavy atom. The van der Waals surface area contributed by atoms with Gasteiger partial charge in [-0.2, -0.15) is 0 Å². The fraction of sp³-hybridized carbons (Fsp3) is 0.520. The number of phenols is 1. The number of aliphatic imine (C=N–C) groups is 1. The first-order valence-electron chi connectivity index (χ1n) is 11.1. The standard InChI is InChI=1S/C25H32N2O6S/c1-13(28)33-11-15-12-34-22-18(21(30)27(22)19(15)23(31)32)26-10-14-8-16(24(2,3)4)20(29)17(9-14)25(5,6)7/h8-10,18,22,29H,11-12H2,1-7H3,(H,31,32)/t18-,22-/m1/s1. The highest BCUT2D eigenvalue weighted by Gasteiger charge is 2.53. The number of fused-ring (bicyclic) bond motifs is 1. The van der Waals surface area contributed by atoms with Gasteiger partial charge >= 0.3 is 11.9 Å². The van der Waals surface area contributed by atoms with Crippen LogP contribution in [0.25, 0.3) is 0 Å². The largest absolute Gasteiger partial charge is 0.507 e. The molecule has 1 aromatic carbocycles. The number of ether oxygens (including phenoxy) is 1. The van der Waals surface area contributed by atoms with Crippen LogP contribution in [0, 0.1) is 0 Å². The molecule has 0 spiro atoms. The average molecular weight is 489 g/mol. The lowest BCUT2D eigenvalue weighted by Gasteiger charge is -2.47. The summed E-state index contributed by atoms with van der Waals surface area (Å²) in [5.41, 5.74) is 2.02. The Balaban J connectivity index is 1.91. The third-order valence-electron chi connectivity index (χ3n) is 5.80. The van der Waals surface area contributed by atoms with Crippen molar-refractivity contribution < 1.29 is 29.3 Å². The summed E-state index contributed by atoms with van der Waals surface area (Å²) in [6.45, 7) is 13.2. The molecule has 3 rings (SSSR count). The number of β-lactam (4-membered cyclic amide) rings is 1. The molecule has 2 aliphatic rings. The highest BCUT2D eigenvalue weighted by molar-refractivity contribution is 8.00. The van der Waals surface area contributed by atoms with Gasteiger partial charge in [0.05, 0.1) is 0 Å². The maximum atomic E-state index is 12.9. The molecule has 2 heterocycles. The van der Waals surface area contributed by atoms with Gasteiger partial charge in [0.15, 0.2) is 6.04 Å². The second-order valence-corrected chi connectivity index (χ2v) is 11.7. The maximum Gasteiger partial charge on any atom is 0.352 e. The number of nitrogens with zero attached hydrogens (tertiary/aromatic N) is 2. The van der Waals surface area contributed by atoms with Crippen molar-refractivity contribution in [2.45, 2.75) is 70.7 Å². The highest BCUT2D eigenvalue weighted by atomic mass is 32.2. The van der Waals surface area contributed by atoms with Gasteiger partial charge in [-0.05, 0) is 28.5 Å². The summed E-state index contributed by atoms with van der Waals surface area (Å²) in [6, 6.07) is 3.05. The fourth-order valence-corrected chi connectivity index (χ4v) is 5.33. The van der Waals surface area contributed by atoms with Crippen molar-refractivity contribution in [3.05, 3.63) is 40.1 Å². The molecule has 1 fully saturated rings. The van der Waals surface area contributed by atoms with Crippen LogP contribution in [0.1, 0.15) is 65.2 Å². The predicted octanol–water partition coefficient (Wildman–Crippen LogP) is 3.59. The monoisotopic (exact) mass is 488 g/mol. The summed E-state index contributed by atoms with van der Waals surface area (Å²) >= 11 is 1.40. The smallest absolute Gasteiger partial charge is 0.352 e. The number of hydrogen-bond donors (Lipinski definition) is 2. The lowest BCUT2D eigenvalue weighted by Crippen LogP contribution is -2.64. The number of rotatable bonds is 5. The van der Waals surface area contributed by atoms with Crippen LogP contribution in [0.15, 0.2) is 28.4 Å². The van der Waals surface area contributed by atoms with Gasteiger partial charge < -0.3 is 14.9 Å². The van der Waals surface area contributed by atoms with Gasteiger partial charge in [0, 0.05) is 35.6 Å². The van der Waals surface area contributed by atoms with Crippen molar-refractivity contribution in [1.82, 2.24) is 4.90 Å². The summed E-state index contributed by atoms with van der Waals surface area (Å²) < 4.78 is 4.96. The van der Waals surface area contributed by atoms with Gasteiger partial charge in [-0.25, -0.2) is 4.79 Å². The van der Waals surface area contributed by atoms with Crippen LogP contribution in [0.2, 0.25) is 0 Å². The number of carbonyl (C=O) groups excluding carboxylic acids is 2. The molecule has 2 aliphatic heterocycles. The van der Waals surface area contributed by atoms with Crippen molar-refractivity contribution in [2.75, 3.05) is 12.4 Å². The van der Waals surface area contributed by atoms with Crippen molar-refractivity contribution in [3.8, 4) is 5.75 Å². The summed E-state index contributed by atoms with van der Waals surface area (Å²) in [5.74, 6) is -1.55. The van der Waals surface area contributed by atoms with E-state index in [0.717, 1.165) is 16.7 Å². The van der Waals surface area contributed by atoms with E-state index in [1.807, 2.05) is 53.7 Å². The van der Waals surface area contributed by atoms with Gasteiger partial charge in [-0.3, -0.25) is 19.5 Å². The molecule has 8 nitrogen and oxygen atoms in total. The van der Waals surface area contributed by atoms with Gasteiger partial charge in [-0.1, -0.05) is 41.5 Å². The predicted molar refractivity (Wildman–Crippen MR) is 131 cm³/mol. The zero-order valence-electron chi connectivity index (χ0n) is 20.6. The SMILES string of the molecule is CC(=O)OCC1=C(C(=O)O)N2C(=O)[C@@H](N=Cc3cc(C(C)(C)C)c(O)c(C(C)(C)C)c3)[C@H]2SC1. The lowest BCUT2D eigenvalue weighted by atomic mass is 9.78. The molecule has 0 unspecified atom stereocenters. The summed E-state index contributed by atoms with van der Waals surface area (Å²) in [7, 11) is 0. The van der Waals surface area contributed by atoms with E-state index in [2.05, 4.69) is 4.99 Å². The van der Waals surface area contributed by atoms with E-state index in [4.69, 9.17) is 4.74 Å². The zero-order chi connectivity index (χ0) is 25.6. The van der Waals surface area contributed by atoms with Crippen LogP contribution in [0.4, 0.5) is 0 Å². The Hall–Kier alpha value is -2.81. The van der Waals surface area contributed by atoms with Crippen LogP contribution in [0.3, 0.4) is 0 Å². The summed E-state index contributed by atoms with van der Waals surface area (Å²) in [5, 5.41) is 20.1. The average Bonchev–Trinajstić information content (AvgIpc) is 2.70. The minimum atomic E-state index is -1.23. The molecule has 0 saturated carbocycles. The molecule has 0 bridgehead atoms. The van der Waals surface area contributed by atoms with Crippen LogP contribution in [0.5, 0.6) is 5.75 Å². The Bertz CT molecular complexity index is 1060. The second-order valence-electron chi connectivity index (χ2n) is 10.6. The topological polar surface area (TPSA) is 116 Å². The number of thioether (sulfide) groups is 1. The quantitative estimate of drug-likeness (QED) is 0.370. The first-order valence-corrected chi connectivity index (χ1v) is 12.1. The minimum absolute atomic E-state index is 0.129. The van der Waals surface area contributed by atoms with E-state index in [9.17, 15) is 24.6 Å². The molecule has 9 heteroatoms. The number of hydrogen-bond acceptors (Lipinski definition) is 7. The number of aliphatic carboxylic acids is 1. The summed E-state index contributed by atoms with van der Waals surface area (Å²) in [6.07, 6.45) is 1.63. The van der Waals surface area contributed by atoms with E-state index >= 15 is 0 Å². The number of phenolic OH excluding ortho intramolecular Hbond substituents is 1. The zero-order valence-corrected chi connectivity index (χ0v) is 21.4. The number of benzene rings is 1. The second kappa shape index (κ2) is 9.09. The minimum Gasteiger partial charge on any atom is -0.507 e. The van der Waals surface area contributed by atoms with Gasteiger partial charge in [0.25, 0.3) is 5.91 Å². The normalized spacial score (nSPS) is 20.9. The van der Waals surface area contributed by atoms with Gasteiger partial charge in [-0.15, -0.1) is 11.8 Å². The molecule has 1 aromatic rings. The van der Waals surface area contributed by atoms with E-state index in [0.29, 0.717) is 11.3 Å². The Morgan fingerprint density at radius 1 is 1.18 bits per heavy atom. The van der Waals surface area contributed by atoms with Crippen LogP contribution in [-0.4, -0.2) is 62.9 Å². The molecular weight excluding hydrogens is 456 g/mol. The first kappa shape index (κ1) is 25.8. The molecular formula is C25H32N2O6S. The molecule has 184 valence electrons. The maximum absolute atomic E-state index is 12.9. The molecule has 0 radical (unpaired) electrons. The Kier molecular flexibility index (Phi) is 6.90. The first-order chi connectivity index (χ1) is 15.6. The van der Waals surface area contributed by atoms with E-state index < -0.39 is 29.3 Å². The van der Waals surface area contributed by atoms with Gasteiger partial charge in [0.2, 0.25) is 0 Å². The number of esters is 1.